The van der Waals surface area contributed by atoms with Gasteiger partial charge in [0.2, 0.25) is 0 Å². The Morgan fingerprint density at radius 2 is 1.85 bits per heavy atom. The summed E-state index contributed by atoms with van der Waals surface area (Å²) in [6, 6.07) is 10.6. The lowest BCUT2D eigenvalue weighted by Gasteiger charge is -2.36. The zero-order valence-corrected chi connectivity index (χ0v) is 14.6. The highest BCUT2D eigenvalue weighted by molar-refractivity contribution is 6.33. The molecule has 26 heavy (non-hydrogen) atoms. The zero-order valence-electron chi connectivity index (χ0n) is 13.8. The van der Waals surface area contributed by atoms with Gasteiger partial charge in [-0.05, 0) is 17.7 Å². The number of nitrogens with zero attached hydrogens (tertiary/aromatic N) is 4. The van der Waals surface area contributed by atoms with E-state index in [2.05, 4.69) is 16.0 Å². The number of alkyl halides is 3. The van der Waals surface area contributed by atoms with E-state index in [0.717, 1.165) is 17.8 Å². The highest BCUT2D eigenvalue weighted by Crippen LogP contribution is 2.33. The van der Waals surface area contributed by atoms with Gasteiger partial charge in [0.25, 0.3) is 0 Å². The smallest absolute Gasteiger partial charge is 0.353 e. The minimum Gasteiger partial charge on any atom is -0.353 e. The predicted octanol–water partition coefficient (Wildman–Crippen LogP) is 3.95. The van der Waals surface area contributed by atoms with Crippen molar-refractivity contribution in [2.24, 2.45) is 0 Å². The van der Waals surface area contributed by atoms with Crippen LogP contribution in [0, 0.1) is 11.3 Å². The third-order valence-corrected chi connectivity index (χ3v) is 4.63. The summed E-state index contributed by atoms with van der Waals surface area (Å²) in [7, 11) is 0. The van der Waals surface area contributed by atoms with Gasteiger partial charge in [-0.15, -0.1) is 0 Å². The van der Waals surface area contributed by atoms with Gasteiger partial charge in [0.15, 0.2) is 0 Å². The average molecular weight is 381 g/mol. The molecule has 2 heterocycles. The van der Waals surface area contributed by atoms with Crippen LogP contribution in [-0.4, -0.2) is 36.1 Å². The molecule has 1 aromatic heterocycles. The first kappa shape index (κ1) is 18.5. The Labute approximate surface area is 154 Å². The van der Waals surface area contributed by atoms with Gasteiger partial charge in [-0.25, -0.2) is 4.98 Å². The van der Waals surface area contributed by atoms with E-state index in [1.807, 2.05) is 23.1 Å². The molecule has 1 fully saturated rings. The van der Waals surface area contributed by atoms with Gasteiger partial charge in [0.05, 0.1) is 22.2 Å². The number of piperazine rings is 1. The molecule has 0 amide bonds. The summed E-state index contributed by atoms with van der Waals surface area (Å²) in [5.74, 6) is 0.372. The molecule has 0 aliphatic carbocycles. The van der Waals surface area contributed by atoms with Crippen molar-refractivity contribution in [3.05, 3.63) is 58.2 Å². The molecule has 0 unspecified atom stereocenters. The Morgan fingerprint density at radius 3 is 2.46 bits per heavy atom. The van der Waals surface area contributed by atoms with Gasteiger partial charge in [-0.2, -0.15) is 18.4 Å². The van der Waals surface area contributed by atoms with Crippen LogP contribution in [0.4, 0.5) is 19.0 Å². The molecule has 1 saturated heterocycles. The summed E-state index contributed by atoms with van der Waals surface area (Å²) in [4.78, 5) is 8.00. The number of anilines is 1. The summed E-state index contributed by atoms with van der Waals surface area (Å²) in [5, 5.41) is 9.17. The molecule has 8 heteroatoms. The molecule has 4 nitrogen and oxygen atoms in total. The monoisotopic (exact) mass is 380 g/mol. The molecule has 0 N–H and O–H groups in total. The largest absolute Gasteiger partial charge is 0.417 e. The number of benzene rings is 1. The van der Waals surface area contributed by atoms with Gasteiger partial charge in [0.1, 0.15) is 5.82 Å². The van der Waals surface area contributed by atoms with Crippen molar-refractivity contribution in [1.29, 1.82) is 5.26 Å². The molecule has 0 spiro atoms. The molecule has 3 rings (SSSR count). The van der Waals surface area contributed by atoms with Crippen molar-refractivity contribution in [3.8, 4) is 6.07 Å². The lowest BCUT2D eigenvalue weighted by Crippen LogP contribution is -2.46. The molecular weight excluding hydrogens is 365 g/mol. The van der Waals surface area contributed by atoms with E-state index < -0.39 is 11.7 Å². The molecule has 1 aromatic carbocycles. The number of halogens is 4. The van der Waals surface area contributed by atoms with E-state index in [4.69, 9.17) is 16.9 Å². The summed E-state index contributed by atoms with van der Waals surface area (Å²) in [5.41, 5.74) is 0.773. The molecule has 0 bridgehead atoms. The van der Waals surface area contributed by atoms with Crippen molar-refractivity contribution >= 4 is 17.4 Å². The lowest BCUT2D eigenvalue weighted by atomic mass is 10.1. The van der Waals surface area contributed by atoms with E-state index in [9.17, 15) is 13.2 Å². The van der Waals surface area contributed by atoms with Crippen LogP contribution in [0.5, 0.6) is 0 Å². The van der Waals surface area contributed by atoms with Crippen LogP contribution in [0.1, 0.15) is 16.7 Å². The van der Waals surface area contributed by atoms with Crippen LogP contribution in [0.15, 0.2) is 36.5 Å². The van der Waals surface area contributed by atoms with Gasteiger partial charge >= 0.3 is 6.18 Å². The van der Waals surface area contributed by atoms with E-state index in [-0.39, 0.29) is 5.02 Å². The molecule has 1 aliphatic rings. The standard InChI is InChI=1S/C18H16ClF3N4/c19-16-9-15(18(20,21)22)11-24-17(16)26-7-5-25(6-8-26)12-14-4-2-1-3-13(14)10-23/h1-4,9,11H,5-8,12H2. The number of nitriles is 1. The third kappa shape index (κ3) is 4.09. The fourth-order valence-corrected chi connectivity index (χ4v) is 3.23. The Balaban J connectivity index is 1.65. The van der Waals surface area contributed by atoms with E-state index in [1.54, 1.807) is 6.07 Å². The first-order valence-corrected chi connectivity index (χ1v) is 8.44. The van der Waals surface area contributed by atoms with E-state index >= 15 is 0 Å². The molecule has 0 radical (unpaired) electrons. The van der Waals surface area contributed by atoms with E-state index in [1.165, 1.54) is 0 Å². The Morgan fingerprint density at radius 1 is 1.15 bits per heavy atom. The molecule has 2 aromatic rings. The maximum atomic E-state index is 12.7. The molecule has 136 valence electrons. The number of aromatic nitrogens is 1. The van der Waals surface area contributed by atoms with Gasteiger partial charge in [-0.1, -0.05) is 29.8 Å². The van der Waals surface area contributed by atoms with Crippen LogP contribution in [0.25, 0.3) is 0 Å². The summed E-state index contributed by atoms with van der Waals surface area (Å²) >= 11 is 6.02. The van der Waals surface area contributed by atoms with Crippen LogP contribution in [0.3, 0.4) is 0 Å². The fourth-order valence-electron chi connectivity index (χ4n) is 2.94. The van der Waals surface area contributed by atoms with Crippen molar-refractivity contribution in [2.75, 3.05) is 31.1 Å². The lowest BCUT2D eigenvalue weighted by molar-refractivity contribution is -0.137. The van der Waals surface area contributed by atoms with Crippen LogP contribution in [-0.2, 0) is 12.7 Å². The highest BCUT2D eigenvalue weighted by atomic mass is 35.5. The highest BCUT2D eigenvalue weighted by Gasteiger charge is 2.32. The number of hydrogen-bond donors (Lipinski definition) is 0. The minimum atomic E-state index is -4.46. The van der Waals surface area contributed by atoms with Crippen LogP contribution < -0.4 is 4.90 Å². The second-order valence-electron chi connectivity index (χ2n) is 6.06. The number of hydrogen-bond acceptors (Lipinski definition) is 4. The van der Waals surface area contributed by atoms with E-state index in [0.29, 0.717) is 44.1 Å². The van der Waals surface area contributed by atoms with Gasteiger partial charge < -0.3 is 4.90 Å². The Bertz CT molecular complexity index is 824. The molecule has 1 aliphatic heterocycles. The minimum absolute atomic E-state index is 0.00287. The number of pyridine rings is 1. The van der Waals surface area contributed by atoms with Crippen LogP contribution in [0.2, 0.25) is 5.02 Å². The summed E-state index contributed by atoms with van der Waals surface area (Å²) in [6.07, 6.45) is -3.64. The van der Waals surface area contributed by atoms with Crippen molar-refractivity contribution < 1.29 is 13.2 Å². The van der Waals surface area contributed by atoms with Crippen molar-refractivity contribution in [1.82, 2.24) is 9.88 Å². The summed E-state index contributed by atoms with van der Waals surface area (Å²) < 4.78 is 38.2. The normalized spacial score (nSPS) is 15.7. The first-order valence-electron chi connectivity index (χ1n) is 8.06. The fraction of sp³-hybridized carbons (Fsp3) is 0.333. The maximum Gasteiger partial charge on any atom is 0.417 e. The third-order valence-electron chi connectivity index (χ3n) is 4.35. The molecule has 0 saturated carbocycles. The van der Waals surface area contributed by atoms with Crippen molar-refractivity contribution in [2.45, 2.75) is 12.7 Å². The first-order chi connectivity index (χ1) is 12.4. The molecule has 0 atom stereocenters. The predicted molar refractivity (Wildman–Crippen MR) is 92.9 cm³/mol. The van der Waals surface area contributed by atoms with Gasteiger partial charge in [0, 0.05) is 38.9 Å². The topological polar surface area (TPSA) is 43.2 Å². The second kappa shape index (κ2) is 7.52. The van der Waals surface area contributed by atoms with Crippen LogP contribution >= 0.6 is 11.6 Å². The quantitative estimate of drug-likeness (QED) is 0.808. The van der Waals surface area contributed by atoms with Crippen molar-refractivity contribution in [3.63, 3.8) is 0 Å². The Kier molecular flexibility index (Phi) is 5.35. The molecular formula is C18H16ClF3N4. The second-order valence-corrected chi connectivity index (χ2v) is 6.47. The zero-order chi connectivity index (χ0) is 18.7. The maximum absolute atomic E-state index is 12.7. The SMILES string of the molecule is N#Cc1ccccc1CN1CCN(c2ncc(C(F)(F)F)cc2Cl)CC1. The van der Waals surface area contributed by atoms with Gasteiger partial charge in [-0.3, -0.25) is 4.90 Å². The Hall–Kier alpha value is -2.30. The average Bonchev–Trinajstić information content (AvgIpc) is 2.62. The summed E-state index contributed by atoms with van der Waals surface area (Å²) in [6.45, 7) is 3.28. The number of rotatable bonds is 3.